The number of ether oxygens (including phenoxy) is 4. The van der Waals surface area contributed by atoms with Crippen LogP contribution in [-0.2, 0) is 58.0 Å². The van der Waals surface area contributed by atoms with Crippen LogP contribution >= 0.6 is 0 Å². The maximum absolute atomic E-state index is 14.8. The molecule has 0 radical (unpaired) electrons. The SMILES string of the molecule is CCN1c2cc3c(cc2C(C)CC1(C)C)C(c1ccccc1C(=O)N(C)CCCC(=O)CCCOCCOCCOCCOCCC(CCc1ccc(-c2nnc(C)nn2)cc1)=C1C(=O)CC(C)(C)CC1=O)=c1cc2c4c(c1C3(C)C)CCC[N+]=4CCC2. The molecule has 88 heavy (non-hydrogen) atoms. The van der Waals surface area contributed by atoms with E-state index in [0.717, 1.165) is 74.0 Å². The molecule has 1 atom stereocenters. The molecule has 4 heterocycles. The largest absolute Gasteiger partial charge is 0.379 e. The Kier molecular flexibility index (Phi) is 20.5. The van der Waals surface area contributed by atoms with Crippen molar-refractivity contribution >= 4 is 34.5 Å². The summed E-state index contributed by atoms with van der Waals surface area (Å²) >= 11 is 0. The van der Waals surface area contributed by atoms with E-state index in [4.69, 9.17) is 18.9 Å². The Bertz CT molecular complexity index is 3540. The quantitative estimate of drug-likeness (QED) is 0.0211. The summed E-state index contributed by atoms with van der Waals surface area (Å²) in [5.41, 5.74) is 15.1. The molecule has 15 heteroatoms. The zero-order valence-corrected chi connectivity index (χ0v) is 54.2. The average molecular weight is 1200 g/mol. The van der Waals surface area contributed by atoms with Gasteiger partial charge in [0.15, 0.2) is 17.4 Å². The maximum atomic E-state index is 14.8. The summed E-state index contributed by atoms with van der Waals surface area (Å²) in [7, 11) is 1.88. The maximum Gasteiger partial charge on any atom is 0.254 e. The van der Waals surface area contributed by atoms with E-state index in [1.807, 2.05) is 62.2 Å². The number of aromatic nitrogens is 4. The molecular weight excluding hydrogens is 1100 g/mol. The highest BCUT2D eigenvalue weighted by Gasteiger charge is 2.43. The first-order valence-electron chi connectivity index (χ1n) is 32.6. The molecule has 0 bridgehead atoms. The smallest absolute Gasteiger partial charge is 0.254 e. The number of anilines is 1. The van der Waals surface area contributed by atoms with E-state index in [-0.39, 0.29) is 39.6 Å². The van der Waals surface area contributed by atoms with Crippen LogP contribution in [-0.4, -0.2) is 140 Å². The van der Waals surface area contributed by atoms with Gasteiger partial charge in [-0.2, -0.15) is 0 Å². The standard InChI is InChI=1S/C73H94N7O8/c1-11-80-62-44-61-59(43-58(62)48(2)45-72(80,6)7)66(60-42-53-18-14-32-79-33-16-23-57(68(53)79)67(60)73(61,8)9)55-21-12-13-22-56(55)70(84)78(10)31-15-19-54(81)20-17-34-85-36-38-87-40-41-88-39-37-86-35-30-51(65-63(82)46-71(4,5)47-64(65)83)27-24-50-25-28-52(29-26-50)69-76-74-49(3)75-77-69/h12-13,21-22,25-26,28-29,42-44,48H,11,14-20,23-24,27,30-41,45-47H2,1-10H3/q+1. The molecule has 2 aliphatic carbocycles. The van der Waals surface area contributed by atoms with Crippen LogP contribution in [0, 0.1) is 12.3 Å². The highest BCUT2D eigenvalue weighted by molar-refractivity contribution is 6.22. The fourth-order valence-corrected chi connectivity index (χ4v) is 14.9. The summed E-state index contributed by atoms with van der Waals surface area (Å²) in [5.74, 6) is 1.32. The van der Waals surface area contributed by atoms with E-state index in [2.05, 4.69) is 102 Å². The molecule has 1 saturated carbocycles. The lowest BCUT2D eigenvalue weighted by atomic mass is 9.64. The number of benzene rings is 4. The first-order chi connectivity index (χ1) is 42.3. The van der Waals surface area contributed by atoms with Crippen LogP contribution < -0.4 is 20.1 Å². The molecule has 0 spiro atoms. The Morgan fingerprint density at radius 1 is 0.727 bits per heavy atom. The van der Waals surface area contributed by atoms with Crippen molar-refractivity contribution in [3.8, 4) is 11.4 Å². The number of nitrogens with zero attached hydrogens (tertiary/aromatic N) is 7. The van der Waals surface area contributed by atoms with E-state index in [1.165, 1.54) is 55.2 Å². The molecule has 1 aromatic heterocycles. The van der Waals surface area contributed by atoms with Gasteiger partial charge in [0.1, 0.15) is 18.9 Å². The summed E-state index contributed by atoms with van der Waals surface area (Å²) < 4.78 is 25.8. The average Bonchev–Trinajstić information content (AvgIpc) is 0.792. The second-order valence-electron chi connectivity index (χ2n) is 27.1. The van der Waals surface area contributed by atoms with Gasteiger partial charge in [-0.1, -0.05) is 82.7 Å². The number of hydrogen-bond donors (Lipinski definition) is 0. The Balaban J connectivity index is 0.656. The van der Waals surface area contributed by atoms with Crippen molar-refractivity contribution in [3.05, 3.63) is 144 Å². The second-order valence-corrected chi connectivity index (χ2v) is 27.1. The predicted octanol–water partition coefficient (Wildman–Crippen LogP) is 10.2. The minimum atomic E-state index is -0.347. The van der Waals surface area contributed by atoms with Gasteiger partial charge in [-0.15, -0.1) is 20.4 Å². The minimum absolute atomic E-state index is 0.0259. The summed E-state index contributed by atoms with van der Waals surface area (Å²) in [6, 6.07) is 23.7. The Hall–Kier alpha value is -6.65. The fraction of sp³-hybridized carbons (Fsp3) is 0.548. The van der Waals surface area contributed by atoms with E-state index in [9.17, 15) is 19.2 Å². The van der Waals surface area contributed by atoms with Gasteiger partial charge in [0.25, 0.3) is 5.91 Å². The highest BCUT2D eigenvalue weighted by Crippen LogP contribution is 2.50. The first kappa shape index (κ1) is 64.3. The third-order valence-electron chi connectivity index (χ3n) is 19.0. The number of ketones is 3. The van der Waals surface area contributed by atoms with Crippen LogP contribution in [0.5, 0.6) is 0 Å². The van der Waals surface area contributed by atoms with Crippen molar-refractivity contribution in [2.24, 2.45) is 5.41 Å². The van der Waals surface area contributed by atoms with Gasteiger partial charge in [-0.3, -0.25) is 19.2 Å². The highest BCUT2D eigenvalue weighted by atomic mass is 16.6. The number of fused-ring (bicyclic) bond motifs is 4. The molecule has 1 amide bonds. The van der Waals surface area contributed by atoms with Gasteiger partial charge < -0.3 is 28.7 Å². The molecule has 10 rings (SSSR count). The molecule has 1 unspecified atom stereocenters. The van der Waals surface area contributed by atoms with Crippen LogP contribution in [0.3, 0.4) is 0 Å². The summed E-state index contributed by atoms with van der Waals surface area (Å²) in [6.45, 7) is 26.9. The Labute approximate surface area is 521 Å². The van der Waals surface area contributed by atoms with E-state index in [1.54, 1.807) is 6.92 Å². The van der Waals surface area contributed by atoms with E-state index in [0.29, 0.717) is 146 Å². The number of Topliss-reactive ketones (excluding diaryl/α,β-unsaturated/α-hetero) is 3. The Morgan fingerprint density at radius 2 is 1.36 bits per heavy atom. The zero-order chi connectivity index (χ0) is 62.3. The number of aryl methyl sites for hydroxylation is 3. The van der Waals surface area contributed by atoms with Crippen LogP contribution in [0.4, 0.5) is 5.69 Å². The Morgan fingerprint density at radius 3 is 2.05 bits per heavy atom. The normalized spacial score (nSPS) is 18.0. The van der Waals surface area contributed by atoms with Crippen LogP contribution in [0.25, 0.3) is 17.0 Å². The number of allylic oxidation sites excluding steroid dienone is 1. The van der Waals surface area contributed by atoms with Gasteiger partial charge in [-0.05, 0) is 159 Å². The molecule has 1 fully saturated rings. The number of carbonyl (C=O) groups is 4. The van der Waals surface area contributed by atoms with Gasteiger partial charge in [0, 0.05) is 104 Å². The fourth-order valence-electron chi connectivity index (χ4n) is 14.9. The molecule has 3 aliphatic heterocycles. The van der Waals surface area contributed by atoms with Gasteiger partial charge >= 0.3 is 0 Å². The lowest BCUT2D eigenvalue weighted by molar-refractivity contribution is -0.127. The van der Waals surface area contributed by atoms with Crippen molar-refractivity contribution in [3.63, 3.8) is 0 Å². The van der Waals surface area contributed by atoms with Crippen LogP contribution in [0.15, 0.2) is 77.9 Å². The van der Waals surface area contributed by atoms with Gasteiger partial charge in [-0.25, -0.2) is 4.58 Å². The first-order valence-corrected chi connectivity index (χ1v) is 32.6. The molecule has 15 nitrogen and oxygen atoms in total. The van der Waals surface area contributed by atoms with Crippen molar-refractivity contribution in [1.82, 2.24) is 29.9 Å². The van der Waals surface area contributed by atoms with Crippen molar-refractivity contribution in [1.29, 1.82) is 0 Å². The number of rotatable bonds is 27. The van der Waals surface area contributed by atoms with Crippen LogP contribution in [0.2, 0.25) is 0 Å². The molecular formula is C73H94N7O8+. The molecule has 0 N–H and O–H groups in total. The van der Waals surface area contributed by atoms with Crippen molar-refractivity contribution in [2.75, 3.05) is 91.0 Å². The monoisotopic (exact) mass is 1200 g/mol. The molecule has 0 saturated heterocycles. The third-order valence-corrected chi connectivity index (χ3v) is 19.0. The van der Waals surface area contributed by atoms with Crippen molar-refractivity contribution < 1.29 is 38.1 Å². The van der Waals surface area contributed by atoms with Gasteiger partial charge in [0.2, 0.25) is 11.2 Å². The number of carbonyl (C=O) groups excluding carboxylic acids is 4. The van der Waals surface area contributed by atoms with Gasteiger partial charge in [0.05, 0.1) is 51.8 Å². The summed E-state index contributed by atoms with van der Waals surface area (Å²) in [5, 5.41) is 19.0. The van der Waals surface area contributed by atoms with Crippen molar-refractivity contribution in [2.45, 2.75) is 169 Å². The lowest BCUT2D eigenvalue weighted by Gasteiger charge is -2.48. The number of amides is 1. The zero-order valence-electron chi connectivity index (χ0n) is 54.2. The number of hydrogen-bond acceptors (Lipinski definition) is 13. The van der Waals surface area contributed by atoms with E-state index >= 15 is 0 Å². The van der Waals surface area contributed by atoms with E-state index < -0.39 is 0 Å². The lowest BCUT2D eigenvalue weighted by Crippen LogP contribution is -2.50. The minimum Gasteiger partial charge on any atom is -0.379 e. The molecule has 4 aromatic carbocycles. The second kappa shape index (κ2) is 28.0. The predicted molar refractivity (Wildman–Crippen MR) is 345 cm³/mol. The summed E-state index contributed by atoms with van der Waals surface area (Å²) in [6.07, 6.45) is 9.97. The molecule has 468 valence electrons. The molecule has 5 aromatic rings. The topological polar surface area (TPSA) is 166 Å². The van der Waals surface area contributed by atoms with Crippen LogP contribution in [0.1, 0.15) is 193 Å². The third kappa shape index (κ3) is 14.3. The summed E-state index contributed by atoms with van der Waals surface area (Å²) in [4.78, 5) is 59.0. The molecule has 5 aliphatic rings.